The van der Waals surface area contributed by atoms with Crippen LogP contribution in [0.2, 0.25) is 0 Å². The van der Waals surface area contributed by atoms with Crippen molar-refractivity contribution >= 4 is 0 Å². The first-order chi connectivity index (χ1) is 7.15. The maximum absolute atomic E-state index is 5.57. The number of methoxy groups -OCH3 is 1. The molecule has 1 aromatic rings. The Labute approximate surface area is 91.6 Å². The van der Waals surface area contributed by atoms with Gasteiger partial charge in [0, 0.05) is 24.6 Å². The molecule has 82 valence electrons. The van der Waals surface area contributed by atoms with Crippen LogP contribution in [0.1, 0.15) is 28.2 Å². The van der Waals surface area contributed by atoms with Crippen LogP contribution in [-0.2, 0) is 0 Å². The summed E-state index contributed by atoms with van der Waals surface area (Å²) in [5.41, 5.74) is 5.37. The highest BCUT2D eigenvalue weighted by Crippen LogP contribution is 2.36. The van der Waals surface area contributed by atoms with Crippen molar-refractivity contribution < 1.29 is 4.74 Å². The molecule has 0 saturated carbocycles. The Hall–Kier alpha value is -1.02. The summed E-state index contributed by atoms with van der Waals surface area (Å²) in [6, 6.07) is 2.27. The van der Waals surface area contributed by atoms with E-state index in [-0.39, 0.29) is 0 Å². The zero-order valence-corrected chi connectivity index (χ0v) is 9.98. The van der Waals surface area contributed by atoms with Gasteiger partial charge in [-0.05, 0) is 37.5 Å². The van der Waals surface area contributed by atoms with Crippen LogP contribution >= 0.6 is 0 Å². The molecular formula is C13H19NO. The van der Waals surface area contributed by atoms with Gasteiger partial charge in [0.25, 0.3) is 0 Å². The monoisotopic (exact) mass is 205 g/mol. The number of benzene rings is 1. The van der Waals surface area contributed by atoms with E-state index in [1.807, 2.05) is 0 Å². The summed E-state index contributed by atoms with van der Waals surface area (Å²) < 4.78 is 5.57. The summed E-state index contributed by atoms with van der Waals surface area (Å²) in [4.78, 5) is 0. The maximum Gasteiger partial charge on any atom is 0.125 e. The van der Waals surface area contributed by atoms with Gasteiger partial charge < -0.3 is 10.1 Å². The van der Waals surface area contributed by atoms with Crippen LogP contribution in [0.25, 0.3) is 0 Å². The standard InChI is InChI=1S/C13H19NO/c1-8-5-9(2)12(11-6-14-7-11)13(15-4)10(8)3/h5,11,14H,6-7H2,1-4H3. The second kappa shape index (κ2) is 3.86. The van der Waals surface area contributed by atoms with Crippen LogP contribution in [0.15, 0.2) is 6.07 Å². The van der Waals surface area contributed by atoms with Crippen LogP contribution in [0.3, 0.4) is 0 Å². The van der Waals surface area contributed by atoms with Crippen LogP contribution in [0.4, 0.5) is 0 Å². The maximum atomic E-state index is 5.57. The fourth-order valence-corrected chi connectivity index (χ4v) is 2.33. The van der Waals surface area contributed by atoms with E-state index < -0.39 is 0 Å². The normalized spacial score (nSPS) is 16.3. The van der Waals surface area contributed by atoms with Crippen molar-refractivity contribution in [1.82, 2.24) is 5.32 Å². The fourth-order valence-electron chi connectivity index (χ4n) is 2.33. The van der Waals surface area contributed by atoms with E-state index in [9.17, 15) is 0 Å². The van der Waals surface area contributed by atoms with Gasteiger partial charge in [0.15, 0.2) is 0 Å². The quantitative estimate of drug-likeness (QED) is 0.800. The average molecular weight is 205 g/mol. The topological polar surface area (TPSA) is 21.3 Å². The van der Waals surface area contributed by atoms with E-state index in [4.69, 9.17) is 4.74 Å². The highest BCUT2D eigenvalue weighted by molar-refractivity contribution is 5.52. The van der Waals surface area contributed by atoms with Gasteiger partial charge in [0.1, 0.15) is 5.75 Å². The smallest absolute Gasteiger partial charge is 0.125 e. The molecule has 0 unspecified atom stereocenters. The van der Waals surface area contributed by atoms with Crippen molar-refractivity contribution in [3.63, 3.8) is 0 Å². The van der Waals surface area contributed by atoms with Gasteiger partial charge in [-0.2, -0.15) is 0 Å². The number of aryl methyl sites for hydroxylation is 2. The van der Waals surface area contributed by atoms with E-state index in [1.165, 1.54) is 22.3 Å². The molecule has 1 N–H and O–H groups in total. The summed E-state index contributed by atoms with van der Waals surface area (Å²) in [6.07, 6.45) is 0. The van der Waals surface area contributed by atoms with Crippen LogP contribution < -0.4 is 10.1 Å². The molecule has 0 aromatic heterocycles. The molecule has 1 aromatic carbocycles. The molecule has 1 saturated heterocycles. The number of hydrogen-bond donors (Lipinski definition) is 1. The molecule has 0 atom stereocenters. The summed E-state index contributed by atoms with van der Waals surface area (Å²) in [5.74, 6) is 1.73. The lowest BCUT2D eigenvalue weighted by Crippen LogP contribution is -2.40. The lowest BCUT2D eigenvalue weighted by atomic mass is 9.86. The number of hydrogen-bond acceptors (Lipinski definition) is 2. The van der Waals surface area contributed by atoms with Gasteiger partial charge in [-0.1, -0.05) is 6.07 Å². The van der Waals surface area contributed by atoms with Crippen LogP contribution in [0, 0.1) is 20.8 Å². The molecule has 2 nitrogen and oxygen atoms in total. The number of rotatable bonds is 2. The average Bonchev–Trinajstić information content (AvgIpc) is 2.12. The van der Waals surface area contributed by atoms with Crippen molar-refractivity contribution in [2.24, 2.45) is 0 Å². The van der Waals surface area contributed by atoms with Gasteiger partial charge in [-0.3, -0.25) is 0 Å². The van der Waals surface area contributed by atoms with Gasteiger partial charge in [-0.25, -0.2) is 0 Å². The Bertz CT molecular complexity index is 381. The molecule has 15 heavy (non-hydrogen) atoms. The predicted octanol–water partition coefficient (Wildman–Crippen LogP) is 2.31. The zero-order chi connectivity index (χ0) is 11.0. The van der Waals surface area contributed by atoms with Crippen LogP contribution in [0.5, 0.6) is 5.75 Å². The van der Waals surface area contributed by atoms with Crippen molar-refractivity contribution in [1.29, 1.82) is 0 Å². The summed E-state index contributed by atoms with van der Waals surface area (Å²) >= 11 is 0. The number of nitrogens with one attached hydrogen (secondary N) is 1. The Kier molecular flexibility index (Phi) is 2.70. The fraction of sp³-hybridized carbons (Fsp3) is 0.538. The van der Waals surface area contributed by atoms with Gasteiger partial charge in [0.05, 0.1) is 7.11 Å². The predicted molar refractivity (Wildman–Crippen MR) is 62.8 cm³/mol. The van der Waals surface area contributed by atoms with Gasteiger partial charge in [0.2, 0.25) is 0 Å². The van der Waals surface area contributed by atoms with E-state index in [0.717, 1.165) is 18.8 Å². The molecule has 2 heteroatoms. The molecule has 0 bridgehead atoms. The highest BCUT2D eigenvalue weighted by Gasteiger charge is 2.25. The molecule has 1 heterocycles. The Morgan fingerprint density at radius 3 is 2.33 bits per heavy atom. The number of ether oxygens (including phenoxy) is 1. The highest BCUT2D eigenvalue weighted by atomic mass is 16.5. The Morgan fingerprint density at radius 1 is 1.20 bits per heavy atom. The first-order valence-electron chi connectivity index (χ1n) is 5.50. The third-order valence-corrected chi connectivity index (χ3v) is 3.43. The molecule has 0 spiro atoms. The first-order valence-corrected chi connectivity index (χ1v) is 5.50. The first kappa shape index (κ1) is 10.5. The lowest BCUT2D eigenvalue weighted by molar-refractivity contribution is 0.381. The largest absolute Gasteiger partial charge is 0.496 e. The van der Waals surface area contributed by atoms with E-state index in [1.54, 1.807) is 7.11 Å². The molecule has 0 aliphatic carbocycles. The van der Waals surface area contributed by atoms with Crippen molar-refractivity contribution in [3.8, 4) is 5.75 Å². The Balaban J connectivity index is 2.54. The minimum atomic E-state index is 0.638. The zero-order valence-electron chi connectivity index (χ0n) is 9.98. The van der Waals surface area contributed by atoms with Crippen molar-refractivity contribution in [2.45, 2.75) is 26.7 Å². The second-order valence-electron chi connectivity index (χ2n) is 4.44. The molecular weight excluding hydrogens is 186 g/mol. The second-order valence-corrected chi connectivity index (χ2v) is 4.44. The van der Waals surface area contributed by atoms with E-state index in [2.05, 4.69) is 32.2 Å². The Morgan fingerprint density at radius 2 is 1.87 bits per heavy atom. The summed E-state index contributed by atoms with van der Waals surface area (Å²) in [6.45, 7) is 8.64. The van der Waals surface area contributed by atoms with E-state index in [0.29, 0.717) is 5.92 Å². The van der Waals surface area contributed by atoms with Gasteiger partial charge >= 0.3 is 0 Å². The van der Waals surface area contributed by atoms with Crippen molar-refractivity contribution in [2.75, 3.05) is 20.2 Å². The lowest BCUT2D eigenvalue weighted by Gasteiger charge is -2.31. The third-order valence-electron chi connectivity index (χ3n) is 3.43. The SMILES string of the molecule is COc1c(C)c(C)cc(C)c1C1CNC1. The molecule has 1 aliphatic rings. The molecule has 1 fully saturated rings. The molecule has 1 aliphatic heterocycles. The molecule has 2 rings (SSSR count). The minimum absolute atomic E-state index is 0.638. The van der Waals surface area contributed by atoms with E-state index >= 15 is 0 Å². The summed E-state index contributed by atoms with van der Waals surface area (Å²) in [5, 5.41) is 3.32. The third kappa shape index (κ3) is 1.63. The molecule has 0 radical (unpaired) electrons. The minimum Gasteiger partial charge on any atom is -0.496 e. The van der Waals surface area contributed by atoms with Crippen molar-refractivity contribution in [3.05, 3.63) is 28.3 Å². The molecule has 0 amide bonds. The van der Waals surface area contributed by atoms with Gasteiger partial charge in [-0.15, -0.1) is 0 Å². The summed E-state index contributed by atoms with van der Waals surface area (Å²) in [7, 11) is 1.77. The van der Waals surface area contributed by atoms with Crippen LogP contribution in [-0.4, -0.2) is 20.2 Å².